The standard InChI is InChI=1S/C20H20N2O3S2/c23-18(21-15-8-3-1-4-9-15)11-5-2-6-12-22-19(24)17(27-20(22)26)14-16-10-7-13-25-16/h1,3-4,7-10,13-14H,2,5-6,11-12H2,(H,21,23)/b17-14-. The molecule has 1 saturated heterocycles. The highest BCUT2D eigenvalue weighted by Crippen LogP contribution is 2.32. The lowest BCUT2D eigenvalue weighted by atomic mass is 10.1. The molecule has 2 heterocycles. The van der Waals surface area contributed by atoms with Gasteiger partial charge in [0.1, 0.15) is 10.1 Å². The summed E-state index contributed by atoms with van der Waals surface area (Å²) in [5.74, 6) is 0.566. The lowest BCUT2D eigenvalue weighted by Crippen LogP contribution is -2.29. The van der Waals surface area contributed by atoms with Gasteiger partial charge >= 0.3 is 0 Å². The van der Waals surface area contributed by atoms with Crippen LogP contribution in [-0.4, -0.2) is 27.6 Å². The fourth-order valence-corrected chi connectivity index (χ4v) is 3.96. The van der Waals surface area contributed by atoms with Crippen molar-refractivity contribution in [3.05, 3.63) is 59.4 Å². The third-order valence-corrected chi connectivity index (χ3v) is 5.41. The van der Waals surface area contributed by atoms with Crippen molar-refractivity contribution in [3.8, 4) is 0 Å². The van der Waals surface area contributed by atoms with Gasteiger partial charge in [-0.25, -0.2) is 0 Å². The fourth-order valence-electron chi connectivity index (χ4n) is 2.67. The Morgan fingerprint density at radius 3 is 2.70 bits per heavy atom. The molecule has 1 aliphatic rings. The minimum absolute atomic E-state index is 0.00759. The van der Waals surface area contributed by atoms with Crippen molar-refractivity contribution in [2.45, 2.75) is 25.7 Å². The van der Waals surface area contributed by atoms with Crippen LogP contribution in [0, 0.1) is 0 Å². The summed E-state index contributed by atoms with van der Waals surface area (Å²) >= 11 is 6.61. The number of carbonyl (C=O) groups excluding carboxylic acids is 2. The zero-order chi connectivity index (χ0) is 19.1. The van der Waals surface area contributed by atoms with E-state index >= 15 is 0 Å². The molecule has 1 N–H and O–H groups in total. The van der Waals surface area contributed by atoms with E-state index in [0.29, 0.717) is 28.0 Å². The molecule has 0 saturated carbocycles. The molecule has 0 radical (unpaired) electrons. The lowest BCUT2D eigenvalue weighted by Gasteiger charge is -2.14. The van der Waals surface area contributed by atoms with Gasteiger partial charge in [0.25, 0.3) is 5.91 Å². The SMILES string of the molecule is O=C(CCCCCN1C(=O)/C(=C/c2ccco2)SC1=S)Nc1ccccc1. The van der Waals surface area contributed by atoms with Gasteiger partial charge in [-0.15, -0.1) is 0 Å². The Labute approximate surface area is 167 Å². The number of hydrogen-bond donors (Lipinski definition) is 1. The van der Waals surface area contributed by atoms with Gasteiger partial charge in [0.15, 0.2) is 0 Å². The molecule has 5 nitrogen and oxygen atoms in total. The second-order valence-corrected chi connectivity index (χ2v) is 7.75. The van der Waals surface area contributed by atoms with Gasteiger partial charge in [-0.3, -0.25) is 14.5 Å². The van der Waals surface area contributed by atoms with Crippen molar-refractivity contribution in [3.63, 3.8) is 0 Å². The summed E-state index contributed by atoms with van der Waals surface area (Å²) in [6.07, 6.45) is 6.19. The fraction of sp³-hybridized carbons (Fsp3) is 0.250. The van der Waals surface area contributed by atoms with Crippen LogP contribution in [0.3, 0.4) is 0 Å². The van der Waals surface area contributed by atoms with Gasteiger partial charge in [-0.1, -0.05) is 48.6 Å². The van der Waals surface area contributed by atoms with Crippen LogP contribution in [0.2, 0.25) is 0 Å². The zero-order valence-corrected chi connectivity index (χ0v) is 16.4. The molecule has 0 unspecified atom stereocenters. The number of thiocarbonyl (C=S) groups is 1. The third-order valence-electron chi connectivity index (χ3n) is 4.03. The maximum absolute atomic E-state index is 12.5. The maximum Gasteiger partial charge on any atom is 0.266 e. The quantitative estimate of drug-likeness (QED) is 0.396. The summed E-state index contributed by atoms with van der Waals surface area (Å²) in [6, 6.07) is 13.0. The smallest absolute Gasteiger partial charge is 0.266 e. The van der Waals surface area contributed by atoms with E-state index in [1.54, 1.807) is 29.4 Å². The molecule has 0 atom stereocenters. The number of furan rings is 1. The monoisotopic (exact) mass is 400 g/mol. The highest BCUT2D eigenvalue weighted by atomic mass is 32.2. The van der Waals surface area contributed by atoms with Gasteiger partial charge in [0.2, 0.25) is 5.91 Å². The van der Waals surface area contributed by atoms with Crippen molar-refractivity contribution < 1.29 is 14.0 Å². The van der Waals surface area contributed by atoms with E-state index in [4.69, 9.17) is 16.6 Å². The second kappa shape index (κ2) is 9.53. The molecule has 2 amide bonds. The van der Waals surface area contributed by atoms with Crippen LogP contribution in [0.1, 0.15) is 31.4 Å². The predicted molar refractivity (Wildman–Crippen MR) is 112 cm³/mol. The van der Waals surface area contributed by atoms with Crippen molar-refractivity contribution in [2.24, 2.45) is 0 Å². The van der Waals surface area contributed by atoms with Gasteiger partial charge in [-0.05, 0) is 37.1 Å². The number of rotatable bonds is 8. The average Bonchev–Trinajstić information content (AvgIpc) is 3.26. The summed E-state index contributed by atoms with van der Waals surface area (Å²) < 4.78 is 5.82. The number of para-hydroxylation sites is 1. The highest BCUT2D eigenvalue weighted by Gasteiger charge is 2.31. The Hall–Kier alpha value is -2.38. The van der Waals surface area contributed by atoms with E-state index < -0.39 is 0 Å². The Morgan fingerprint density at radius 2 is 1.96 bits per heavy atom. The summed E-state index contributed by atoms with van der Waals surface area (Å²) in [5.41, 5.74) is 0.809. The molecule has 0 spiro atoms. The summed E-state index contributed by atoms with van der Waals surface area (Å²) in [6.45, 7) is 0.570. The molecule has 3 rings (SSSR count). The van der Waals surface area contributed by atoms with E-state index in [0.717, 1.165) is 24.9 Å². The Kier molecular flexibility index (Phi) is 6.84. The van der Waals surface area contributed by atoms with E-state index in [2.05, 4.69) is 5.32 Å². The molecule has 7 heteroatoms. The molecule has 140 valence electrons. The van der Waals surface area contributed by atoms with Crippen LogP contribution in [0.4, 0.5) is 5.69 Å². The number of carbonyl (C=O) groups is 2. The average molecular weight is 401 g/mol. The molecule has 1 aromatic carbocycles. The molecular weight excluding hydrogens is 380 g/mol. The van der Waals surface area contributed by atoms with Gasteiger partial charge in [0.05, 0.1) is 11.2 Å². The van der Waals surface area contributed by atoms with Gasteiger partial charge in [-0.2, -0.15) is 0 Å². The molecule has 1 aromatic heterocycles. The first-order chi connectivity index (χ1) is 13.1. The van der Waals surface area contributed by atoms with Crippen LogP contribution < -0.4 is 5.32 Å². The highest BCUT2D eigenvalue weighted by molar-refractivity contribution is 8.26. The Balaban J connectivity index is 1.38. The first kappa shape index (κ1) is 19.4. The molecule has 0 bridgehead atoms. The van der Waals surface area contributed by atoms with Crippen molar-refractivity contribution >= 4 is 51.9 Å². The number of benzene rings is 1. The molecule has 2 aromatic rings. The molecule has 1 aliphatic heterocycles. The second-order valence-electron chi connectivity index (χ2n) is 6.07. The topological polar surface area (TPSA) is 62.6 Å². The molecule has 0 aliphatic carbocycles. The van der Waals surface area contributed by atoms with Crippen molar-refractivity contribution in [1.82, 2.24) is 4.90 Å². The number of amides is 2. The van der Waals surface area contributed by atoms with Crippen LogP contribution in [-0.2, 0) is 9.59 Å². The minimum Gasteiger partial charge on any atom is -0.465 e. The molecule has 27 heavy (non-hydrogen) atoms. The lowest BCUT2D eigenvalue weighted by molar-refractivity contribution is -0.122. The first-order valence-corrected chi connectivity index (χ1v) is 10.00. The number of unbranched alkanes of at least 4 members (excludes halogenated alkanes) is 2. The van der Waals surface area contributed by atoms with Crippen LogP contribution in [0.15, 0.2) is 58.1 Å². The van der Waals surface area contributed by atoms with E-state index in [1.807, 2.05) is 30.3 Å². The van der Waals surface area contributed by atoms with E-state index in [9.17, 15) is 9.59 Å². The van der Waals surface area contributed by atoms with E-state index in [-0.39, 0.29) is 11.8 Å². The number of nitrogens with one attached hydrogen (secondary N) is 1. The third kappa shape index (κ3) is 5.55. The van der Waals surface area contributed by atoms with Gasteiger partial charge in [0, 0.05) is 24.7 Å². The van der Waals surface area contributed by atoms with Crippen molar-refractivity contribution in [1.29, 1.82) is 0 Å². The number of nitrogens with zero attached hydrogens (tertiary/aromatic N) is 1. The van der Waals surface area contributed by atoms with Crippen molar-refractivity contribution in [2.75, 3.05) is 11.9 Å². The maximum atomic E-state index is 12.5. The normalized spacial score (nSPS) is 15.6. The Bertz CT molecular complexity index is 832. The molecule has 1 fully saturated rings. The largest absolute Gasteiger partial charge is 0.465 e. The summed E-state index contributed by atoms with van der Waals surface area (Å²) in [5, 5.41) is 2.87. The number of hydrogen-bond acceptors (Lipinski definition) is 5. The predicted octanol–water partition coefficient (Wildman–Crippen LogP) is 4.68. The minimum atomic E-state index is -0.0804. The van der Waals surface area contributed by atoms with Crippen LogP contribution in [0.25, 0.3) is 6.08 Å². The summed E-state index contributed by atoms with van der Waals surface area (Å²) in [7, 11) is 0. The summed E-state index contributed by atoms with van der Waals surface area (Å²) in [4.78, 5) is 26.6. The van der Waals surface area contributed by atoms with Crippen LogP contribution >= 0.6 is 24.0 Å². The molecular formula is C20H20N2O3S2. The Morgan fingerprint density at radius 1 is 1.15 bits per heavy atom. The van der Waals surface area contributed by atoms with Gasteiger partial charge < -0.3 is 9.73 Å². The van der Waals surface area contributed by atoms with Crippen LogP contribution in [0.5, 0.6) is 0 Å². The van der Waals surface area contributed by atoms with E-state index in [1.165, 1.54) is 11.8 Å². The first-order valence-electron chi connectivity index (χ1n) is 8.77. The zero-order valence-electron chi connectivity index (χ0n) is 14.7. The number of thioether (sulfide) groups is 1. The number of anilines is 1.